The summed E-state index contributed by atoms with van der Waals surface area (Å²) < 4.78 is 31.6. The third-order valence-electron chi connectivity index (χ3n) is 5.86. The highest BCUT2D eigenvalue weighted by molar-refractivity contribution is 5.94. The number of carbonyl (C=O) groups excluding carboxylic acids is 1. The van der Waals surface area contributed by atoms with Gasteiger partial charge in [0.1, 0.15) is 0 Å². The number of halogens is 2. The van der Waals surface area contributed by atoms with Gasteiger partial charge in [-0.25, -0.2) is 8.78 Å². The maximum atomic E-state index is 13.4. The van der Waals surface area contributed by atoms with Crippen molar-refractivity contribution in [3.63, 3.8) is 0 Å². The number of likely N-dealkylation sites (tertiary alicyclic amines) is 2. The molecule has 0 aliphatic carbocycles. The van der Waals surface area contributed by atoms with Gasteiger partial charge in [-0.2, -0.15) is 4.98 Å². The molecule has 1 unspecified atom stereocenters. The first kappa shape index (κ1) is 18.0. The Hall–Kier alpha value is -2.35. The van der Waals surface area contributed by atoms with Gasteiger partial charge < -0.3 is 9.42 Å². The Labute approximate surface area is 156 Å². The van der Waals surface area contributed by atoms with Crippen molar-refractivity contribution >= 4 is 5.91 Å². The molecule has 27 heavy (non-hydrogen) atoms. The van der Waals surface area contributed by atoms with Crippen LogP contribution in [0.3, 0.4) is 0 Å². The zero-order chi connectivity index (χ0) is 19.2. The van der Waals surface area contributed by atoms with E-state index in [1.54, 1.807) is 11.8 Å². The summed E-state index contributed by atoms with van der Waals surface area (Å²) in [5.74, 6) is -0.912. The molecule has 2 saturated heterocycles. The Morgan fingerprint density at radius 2 is 2.00 bits per heavy atom. The van der Waals surface area contributed by atoms with Gasteiger partial charge in [-0.05, 0) is 49.9 Å². The van der Waals surface area contributed by atoms with Gasteiger partial charge >= 0.3 is 0 Å². The highest BCUT2D eigenvalue weighted by Crippen LogP contribution is 2.47. The molecule has 1 spiro atoms. The lowest BCUT2D eigenvalue weighted by Crippen LogP contribution is -2.44. The quantitative estimate of drug-likeness (QED) is 0.806. The number of carbonyl (C=O) groups is 1. The highest BCUT2D eigenvalue weighted by atomic mass is 19.2. The van der Waals surface area contributed by atoms with Crippen LogP contribution in [0.15, 0.2) is 22.7 Å². The maximum absolute atomic E-state index is 13.4. The van der Waals surface area contributed by atoms with E-state index < -0.39 is 11.6 Å². The van der Waals surface area contributed by atoms with Crippen LogP contribution >= 0.6 is 0 Å². The molecule has 2 aliphatic rings. The van der Waals surface area contributed by atoms with Gasteiger partial charge in [0.2, 0.25) is 5.89 Å². The van der Waals surface area contributed by atoms with Crippen LogP contribution in [0, 0.1) is 24.0 Å². The summed E-state index contributed by atoms with van der Waals surface area (Å²) >= 11 is 0. The number of nitrogens with zero attached hydrogens (tertiary/aromatic N) is 4. The molecule has 1 aromatic carbocycles. The Morgan fingerprint density at radius 3 is 2.63 bits per heavy atom. The number of hydrogen-bond donors (Lipinski definition) is 0. The molecule has 0 saturated carbocycles. The third kappa shape index (κ3) is 3.34. The Balaban J connectivity index is 1.42. The standard InChI is InChI=1S/C19H22F2N4O2/c1-12-22-17(23-27-12)16-10-19(11-24(16)2)5-7-25(8-6-19)18(26)13-3-4-14(20)15(21)9-13/h3-4,9,16H,5-8,10-11H2,1-2H3. The molecule has 4 rings (SSSR count). The molecule has 1 atom stereocenters. The number of amides is 1. The van der Waals surface area contributed by atoms with Crippen LogP contribution in [0.1, 0.15) is 47.4 Å². The van der Waals surface area contributed by atoms with E-state index in [4.69, 9.17) is 4.52 Å². The average Bonchev–Trinajstić information content (AvgIpc) is 3.21. The van der Waals surface area contributed by atoms with Crippen molar-refractivity contribution in [2.24, 2.45) is 5.41 Å². The molecule has 2 aromatic rings. The first-order valence-corrected chi connectivity index (χ1v) is 9.12. The van der Waals surface area contributed by atoms with E-state index in [2.05, 4.69) is 22.1 Å². The van der Waals surface area contributed by atoms with Gasteiger partial charge in [-0.3, -0.25) is 9.69 Å². The zero-order valence-electron chi connectivity index (χ0n) is 15.4. The minimum absolute atomic E-state index is 0.110. The van der Waals surface area contributed by atoms with E-state index in [1.807, 2.05) is 0 Å². The first-order valence-electron chi connectivity index (χ1n) is 9.12. The molecule has 6 nitrogen and oxygen atoms in total. The van der Waals surface area contributed by atoms with Gasteiger partial charge in [0.15, 0.2) is 17.5 Å². The second-order valence-corrected chi connectivity index (χ2v) is 7.73. The molecule has 8 heteroatoms. The van der Waals surface area contributed by atoms with Crippen LogP contribution in [-0.2, 0) is 0 Å². The molecule has 0 N–H and O–H groups in total. The van der Waals surface area contributed by atoms with Crippen molar-refractivity contribution in [3.8, 4) is 0 Å². The molecule has 0 bridgehead atoms. The number of rotatable bonds is 2. The predicted octanol–water partition coefficient (Wildman–Crippen LogP) is 2.96. The van der Waals surface area contributed by atoms with Crippen molar-refractivity contribution in [2.75, 3.05) is 26.7 Å². The average molecular weight is 376 g/mol. The van der Waals surface area contributed by atoms with Crippen LogP contribution in [0.5, 0.6) is 0 Å². The van der Waals surface area contributed by atoms with Crippen LogP contribution in [-0.4, -0.2) is 52.5 Å². The lowest BCUT2D eigenvalue weighted by molar-refractivity contribution is 0.0592. The molecule has 1 aromatic heterocycles. The second kappa shape index (κ2) is 6.67. The summed E-state index contributed by atoms with van der Waals surface area (Å²) in [5, 5.41) is 4.07. The van der Waals surface area contributed by atoms with E-state index in [0.717, 1.165) is 37.9 Å². The predicted molar refractivity (Wildman–Crippen MR) is 93.0 cm³/mol. The second-order valence-electron chi connectivity index (χ2n) is 7.73. The summed E-state index contributed by atoms with van der Waals surface area (Å²) in [6.07, 6.45) is 2.65. The molecular formula is C19H22F2N4O2. The minimum Gasteiger partial charge on any atom is -0.340 e. The van der Waals surface area contributed by atoms with Gasteiger partial charge in [-0.1, -0.05) is 5.16 Å². The fourth-order valence-corrected chi connectivity index (χ4v) is 4.37. The fraction of sp³-hybridized carbons (Fsp3) is 0.526. The SMILES string of the molecule is Cc1nc(C2CC3(CCN(C(=O)c4ccc(F)c(F)c4)CC3)CN2C)no1. The van der Waals surface area contributed by atoms with Crippen molar-refractivity contribution in [1.29, 1.82) is 0 Å². The molecule has 0 radical (unpaired) electrons. The highest BCUT2D eigenvalue weighted by Gasteiger charge is 2.46. The molecule has 2 fully saturated rings. The molecule has 3 heterocycles. The number of piperidine rings is 1. The van der Waals surface area contributed by atoms with Gasteiger partial charge in [-0.15, -0.1) is 0 Å². The largest absolute Gasteiger partial charge is 0.340 e. The first-order chi connectivity index (χ1) is 12.9. The van der Waals surface area contributed by atoms with Crippen molar-refractivity contribution in [3.05, 3.63) is 47.1 Å². The zero-order valence-corrected chi connectivity index (χ0v) is 15.4. The summed E-state index contributed by atoms with van der Waals surface area (Å²) in [7, 11) is 2.06. The Bertz CT molecular complexity index is 861. The molecule has 144 valence electrons. The van der Waals surface area contributed by atoms with Crippen LogP contribution in [0.4, 0.5) is 8.78 Å². The number of benzene rings is 1. The third-order valence-corrected chi connectivity index (χ3v) is 5.86. The monoisotopic (exact) mass is 376 g/mol. The summed E-state index contributed by atoms with van der Waals surface area (Å²) in [5.41, 5.74) is 0.298. The van der Waals surface area contributed by atoms with E-state index in [0.29, 0.717) is 24.8 Å². The lowest BCUT2D eigenvalue weighted by Gasteiger charge is -2.39. The Morgan fingerprint density at radius 1 is 1.26 bits per heavy atom. The van der Waals surface area contributed by atoms with Gasteiger partial charge in [0.25, 0.3) is 5.91 Å². The van der Waals surface area contributed by atoms with E-state index >= 15 is 0 Å². The van der Waals surface area contributed by atoms with E-state index in [1.165, 1.54) is 6.07 Å². The minimum atomic E-state index is -0.995. The van der Waals surface area contributed by atoms with Gasteiger partial charge in [0, 0.05) is 32.1 Å². The van der Waals surface area contributed by atoms with Crippen molar-refractivity contribution in [1.82, 2.24) is 19.9 Å². The lowest BCUT2D eigenvalue weighted by atomic mass is 9.76. The summed E-state index contributed by atoms with van der Waals surface area (Å²) in [6, 6.07) is 3.43. The molecule has 1 amide bonds. The number of hydrogen-bond acceptors (Lipinski definition) is 5. The van der Waals surface area contributed by atoms with Crippen LogP contribution < -0.4 is 0 Å². The Kier molecular flexibility index (Phi) is 4.46. The molecular weight excluding hydrogens is 354 g/mol. The topological polar surface area (TPSA) is 62.5 Å². The van der Waals surface area contributed by atoms with Crippen molar-refractivity contribution in [2.45, 2.75) is 32.2 Å². The van der Waals surface area contributed by atoms with E-state index in [-0.39, 0.29) is 22.9 Å². The van der Waals surface area contributed by atoms with E-state index in [9.17, 15) is 13.6 Å². The maximum Gasteiger partial charge on any atom is 0.253 e. The van der Waals surface area contributed by atoms with Crippen LogP contribution in [0.25, 0.3) is 0 Å². The normalized spacial score (nSPS) is 22.5. The summed E-state index contributed by atoms with van der Waals surface area (Å²) in [4.78, 5) is 21.0. The molecule has 2 aliphatic heterocycles. The number of aryl methyl sites for hydroxylation is 1. The number of aromatic nitrogens is 2. The summed E-state index contributed by atoms with van der Waals surface area (Å²) in [6.45, 7) is 3.90. The fourth-order valence-electron chi connectivity index (χ4n) is 4.37. The van der Waals surface area contributed by atoms with Gasteiger partial charge in [0.05, 0.1) is 6.04 Å². The van der Waals surface area contributed by atoms with Crippen LogP contribution in [0.2, 0.25) is 0 Å². The van der Waals surface area contributed by atoms with Crippen molar-refractivity contribution < 1.29 is 18.1 Å². The smallest absolute Gasteiger partial charge is 0.253 e.